The highest BCUT2D eigenvalue weighted by Crippen LogP contribution is 2.26. The lowest BCUT2D eigenvalue weighted by molar-refractivity contribution is 0.0623. The highest BCUT2D eigenvalue weighted by atomic mass is 32.2. The van der Waals surface area contributed by atoms with Crippen molar-refractivity contribution in [3.05, 3.63) is 29.8 Å². The van der Waals surface area contributed by atoms with E-state index in [0.717, 1.165) is 19.5 Å². The Morgan fingerprint density at radius 2 is 1.70 bits per heavy atom. The molecular formula is C17H24N2O3S. The maximum atomic E-state index is 12.6. The molecule has 2 aliphatic rings. The first-order valence-corrected chi connectivity index (χ1v) is 9.87. The summed E-state index contributed by atoms with van der Waals surface area (Å²) in [6, 6.07) is 6.98. The predicted molar refractivity (Wildman–Crippen MR) is 91.0 cm³/mol. The number of hydrogen-bond donors (Lipinski definition) is 0. The first kappa shape index (κ1) is 16.3. The molecule has 0 bridgehead atoms. The van der Waals surface area contributed by atoms with Gasteiger partial charge in [-0.3, -0.25) is 9.10 Å². The molecule has 1 amide bonds. The van der Waals surface area contributed by atoms with Crippen LogP contribution in [0.2, 0.25) is 0 Å². The predicted octanol–water partition coefficient (Wildman–Crippen LogP) is 2.34. The molecule has 0 spiro atoms. The Hall–Kier alpha value is -1.56. The van der Waals surface area contributed by atoms with E-state index in [1.165, 1.54) is 4.31 Å². The number of carbonyl (C=O) groups excluding carboxylic acids is 1. The molecule has 0 saturated carbocycles. The van der Waals surface area contributed by atoms with Gasteiger partial charge in [0.1, 0.15) is 0 Å². The number of nitrogens with zero attached hydrogens (tertiary/aromatic N) is 2. The summed E-state index contributed by atoms with van der Waals surface area (Å²) < 4.78 is 25.3. The number of carbonyl (C=O) groups is 1. The summed E-state index contributed by atoms with van der Waals surface area (Å²) in [6.45, 7) is 6.47. The lowest BCUT2D eigenvalue weighted by Gasteiger charge is -2.35. The minimum Gasteiger partial charge on any atom is -0.338 e. The summed E-state index contributed by atoms with van der Waals surface area (Å²) in [5.74, 6) is 1.30. The van der Waals surface area contributed by atoms with Crippen molar-refractivity contribution >= 4 is 21.6 Å². The van der Waals surface area contributed by atoms with Gasteiger partial charge in [-0.25, -0.2) is 8.42 Å². The Kier molecular flexibility index (Phi) is 4.36. The SMILES string of the molecule is C[C@@H]1C[C@H](C)CN(C(=O)c2ccc(N3CCCS3(=O)=O)cc2)C1. The van der Waals surface area contributed by atoms with Crippen LogP contribution >= 0.6 is 0 Å². The van der Waals surface area contributed by atoms with Crippen molar-refractivity contribution in [3.63, 3.8) is 0 Å². The number of anilines is 1. The van der Waals surface area contributed by atoms with Gasteiger partial charge in [0, 0.05) is 25.2 Å². The fourth-order valence-electron chi connectivity index (χ4n) is 3.71. The van der Waals surface area contributed by atoms with Crippen LogP contribution in [0.5, 0.6) is 0 Å². The molecule has 1 aromatic carbocycles. The number of benzene rings is 1. The van der Waals surface area contributed by atoms with E-state index in [0.29, 0.717) is 36.1 Å². The first-order valence-electron chi connectivity index (χ1n) is 8.26. The van der Waals surface area contributed by atoms with Gasteiger partial charge in [0.2, 0.25) is 10.0 Å². The summed E-state index contributed by atoms with van der Waals surface area (Å²) in [4.78, 5) is 14.6. The van der Waals surface area contributed by atoms with Crippen molar-refractivity contribution in [1.82, 2.24) is 4.90 Å². The maximum Gasteiger partial charge on any atom is 0.253 e. The largest absolute Gasteiger partial charge is 0.338 e. The Morgan fingerprint density at radius 1 is 1.09 bits per heavy atom. The molecule has 5 nitrogen and oxygen atoms in total. The molecule has 0 aliphatic carbocycles. The standard InChI is InChI=1S/C17H24N2O3S/c1-13-10-14(2)12-18(11-13)17(20)15-4-6-16(7-5-15)19-8-3-9-23(19,21)22/h4-7,13-14H,3,8-12H2,1-2H3/t13-,14+. The van der Waals surface area contributed by atoms with E-state index in [4.69, 9.17) is 0 Å². The molecule has 2 saturated heterocycles. The number of likely N-dealkylation sites (tertiary alicyclic amines) is 1. The van der Waals surface area contributed by atoms with E-state index in [1.807, 2.05) is 4.90 Å². The number of sulfonamides is 1. The Labute approximate surface area is 138 Å². The summed E-state index contributed by atoms with van der Waals surface area (Å²) in [7, 11) is -3.17. The molecule has 2 aliphatic heterocycles. The van der Waals surface area contributed by atoms with Crippen LogP contribution in [0, 0.1) is 11.8 Å². The van der Waals surface area contributed by atoms with Crippen molar-refractivity contribution in [2.75, 3.05) is 29.7 Å². The quantitative estimate of drug-likeness (QED) is 0.833. The molecule has 1 aromatic rings. The summed E-state index contributed by atoms with van der Waals surface area (Å²) >= 11 is 0. The average Bonchev–Trinajstić information content (AvgIpc) is 2.85. The van der Waals surface area contributed by atoms with Gasteiger partial charge in [-0.2, -0.15) is 0 Å². The van der Waals surface area contributed by atoms with Crippen molar-refractivity contribution < 1.29 is 13.2 Å². The Bertz CT molecular complexity index is 674. The molecule has 2 heterocycles. The van der Waals surface area contributed by atoms with Gasteiger partial charge in [-0.05, 0) is 48.9 Å². The van der Waals surface area contributed by atoms with Crippen molar-refractivity contribution in [1.29, 1.82) is 0 Å². The van der Waals surface area contributed by atoms with Gasteiger partial charge in [0.15, 0.2) is 0 Å². The van der Waals surface area contributed by atoms with E-state index in [2.05, 4.69) is 13.8 Å². The zero-order valence-electron chi connectivity index (χ0n) is 13.7. The number of amides is 1. The zero-order valence-corrected chi connectivity index (χ0v) is 14.6. The van der Waals surface area contributed by atoms with E-state index in [-0.39, 0.29) is 11.7 Å². The second kappa shape index (κ2) is 6.15. The maximum absolute atomic E-state index is 12.6. The Balaban J connectivity index is 1.75. The van der Waals surface area contributed by atoms with Crippen LogP contribution in [0.25, 0.3) is 0 Å². The van der Waals surface area contributed by atoms with E-state index < -0.39 is 10.0 Å². The molecular weight excluding hydrogens is 312 g/mol. The Morgan fingerprint density at radius 3 is 2.22 bits per heavy atom. The van der Waals surface area contributed by atoms with E-state index in [1.54, 1.807) is 24.3 Å². The molecule has 0 aromatic heterocycles. The molecule has 2 atom stereocenters. The lowest BCUT2D eigenvalue weighted by atomic mass is 9.91. The smallest absolute Gasteiger partial charge is 0.253 e. The molecule has 0 unspecified atom stereocenters. The lowest BCUT2D eigenvalue weighted by Crippen LogP contribution is -2.42. The molecule has 126 valence electrons. The first-order chi connectivity index (χ1) is 10.9. The number of rotatable bonds is 2. The zero-order chi connectivity index (χ0) is 16.6. The normalized spacial score (nSPS) is 27.2. The van der Waals surface area contributed by atoms with Crippen molar-refractivity contribution in [3.8, 4) is 0 Å². The summed E-state index contributed by atoms with van der Waals surface area (Å²) in [5, 5.41) is 0. The highest BCUT2D eigenvalue weighted by Gasteiger charge is 2.29. The average molecular weight is 336 g/mol. The van der Waals surface area contributed by atoms with Gasteiger partial charge < -0.3 is 4.90 Å². The van der Waals surface area contributed by atoms with Crippen LogP contribution in [0.3, 0.4) is 0 Å². The van der Waals surface area contributed by atoms with Crippen LogP contribution < -0.4 is 4.31 Å². The molecule has 2 fully saturated rings. The second-order valence-corrected chi connectivity index (χ2v) is 8.96. The van der Waals surface area contributed by atoms with Crippen LogP contribution in [-0.2, 0) is 10.0 Å². The minimum atomic E-state index is -3.17. The van der Waals surface area contributed by atoms with Gasteiger partial charge in [0.05, 0.1) is 11.4 Å². The molecule has 0 radical (unpaired) electrons. The molecule has 6 heteroatoms. The third-order valence-electron chi connectivity index (χ3n) is 4.66. The fourth-order valence-corrected chi connectivity index (χ4v) is 5.28. The van der Waals surface area contributed by atoms with Crippen LogP contribution in [-0.4, -0.2) is 44.6 Å². The van der Waals surface area contributed by atoms with E-state index >= 15 is 0 Å². The van der Waals surface area contributed by atoms with Crippen LogP contribution in [0.4, 0.5) is 5.69 Å². The van der Waals surface area contributed by atoms with Gasteiger partial charge >= 0.3 is 0 Å². The number of piperidine rings is 1. The van der Waals surface area contributed by atoms with Crippen molar-refractivity contribution in [2.24, 2.45) is 11.8 Å². The van der Waals surface area contributed by atoms with Crippen LogP contribution in [0.15, 0.2) is 24.3 Å². The number of hydrogen-bond acceptors (Lipinski definition) is 3. The monoisotopic (exact) mass is 336 g/mol. The van der Waals surface area contributed by atoms with Gasteiger partial charge in [0.25, 0.3) is 5.91 Å². The van der Waals surface area contributed by atoms with Crippen LogP contribution in [0.1, 0.15) is 37.0 Å². The summed E-state index contributed by atoms with van der Waals surface area (Å²) in [5.41, 5.74) is 1.28. The van der Waals surface area contributed by atoms with Gasteiger partial charge in [-0.15, -0.1) is 0 Å². The third-order valence-corrected chi connectivity index (χ3v) is 6.53. The van der Waals surface area contributed by atoms with Crippen molar-refractivity contribution in [2.45, 2.75) is 26.7 Å². The fraction of sp³-hybridized carbons (Fsp3) is 0.588. The minimum absolute atomic E-state index is 0.0410. The molecule has 3 rings (SSSR count). The topological polar surface area (TPSA) is 57.7 Å². The second-order valence-electron chi connectivity index (χ2n) is 6.94. The molecule has 0 N–H and O–H groups in total. The van der Waals surface area contributed by atoms with E-state index in [9.17, 15) is 13.2 Å². The van der Waals surface area contributed by atoms with Gasteiger partial charge in [-0.1, -0.05) is 13.8 Å². The molecule has 23 heavy (non-hydrogen) atoms. The highest BCUT2D eigenvalue weighted by molar-refractivity contribution is 7.93. The summed E-state index contributed by atoms with van der Waals surface area (Å²) in [6.07, 6.45) is 1.82. The third kappa shape index (κ3) is 3.37.